The molecule has 2 nitrogen and oxygen atoms in total. The first-order valence-electron chi connectivity index (χ1n) is 6.68. The second-order valence-electron chi connectivity index (χ2n) is 5.28. The SMILES string of the molecule is CCC(=O)c1ccccc1N1CC2CCC1C2. The molecule has 2 bridgehead atoms. The molecule has 2 unspecified atom stereocenters. The molecule has 1 aliphatic carbocycles. The summed E-state index contributed by atoms with van der Waals surface area (Å²) in [5.41, 5.74) is 2.09. The second kappa shape index (κ2) is 4.17. The third kappa shape index (κ3) is 1.76. The molecule has 1 saturated carbocycles. The van der Waals surface area contributed by atoms with Gasteiger partial charge in [-0.1, -0.05) is 19.1 Å². The molecule has 3 rings (SSSR count). The maximum absolute atomic E-state index is 12.0. The Morgan fingerprint density at radius 3 is 2.82 bits per heavy atom. The zero-order valence-corrected chi connectivity index (χ0v) is 10.4. The van der Waals surface area contributed by atoms with Crippen LogP contribution in [0.4, 0.5) is 5.69 Å². The maximum Gasteiger partial charge on any atom is 0.164 e. The number of nitrogens with zero attached hydrogens (tertiary/aromatic N) is 1. The van der Waals surface area contributed by atoms with Crippen molar-refractivity contribution in [2.45, 2.75) is 38.6 Å². The highest BCUT2D eigenvalue weighted by atomic mass is 16.1. The van der Waals surface area contributed by atoms with Crippen molar-refractivity contribution in [3.8, 4) is 0 Å². The average molecular weight is 229 g/mol. The average Bonchev–Trinajstić information content (AvgIpc) is 3.00. The highest BCUT2D eigenvalue weighted by Gasteiger charge is 2.38. The van der Waals surface area contributed by atoms with Gasteiger partial charge in [-0.25, -0.2) is 0 Å². The largest absolute Gasteiger partial charge is 0.368 e. The Bertz CT molecular complexity index is 440. The minimum Gasteiger partial charge on any atom is -0.368 e. The van der Waals surface area contributed by atoms with Crippen LogP contribution < -0.4 is 4.90 Å². The molecule has 0 spiro atoms. The van der Waals surface area contributed by atoms with E-state index in [1.807, 2.05) is 25.1 Å². The second-order valence-corrected chi connectivity index (χ2v) is 5.28. The van der Waals surface area contributed by atoms with Gasteiger partial charge in [-0.2, -0.15) is 0 Å². The van der Waals surface area contributed by atoms with Crippen molar-refractivity contribution < 1.29 is 4.79 Å². The summed E-state index contributed by atoms with van der Waals surface area (Å²) in [4.78, 5) is 14.4. The van der Waals surface area contributed by atoms with Crippen LogP contribution in [0.1, 0.15) is 43.0 Å². The Kier molecular flexibility index (Phi) is 2.65. The smallest absolute Gasteiger partial charge is 0.164 e. The number of para-hydroxylation sites is 1. The van der Waals surface area contributed by atoms with Gasteiger partial charge in [0.15, 0.2) is 5.78 Å². The number of piperidine rings is 1. The van der Waals surface area contributed by atoms with E-state index < -0.39 is 0 Å². The van der Waals surface area contributed by atoms with Crippen LogP contribution in [0.2, 0.25) is 0 Å². The lowest BCUT2D eigenvalue weighted by Crippen LogP contribution is -2.33. The number of ketones is 1. The number of hydrogen-bond donors (Lipinski definition) is 0. The van der Waals surface area contributed by atoms with Gasteiger partial charge in [0, 0.05) is 30.3 Å². The molecule has 1 heterocycles. The first-order valence-corrected chi connectivity index (χ1v) is 6.68. The highest BCUT2D eigenvalue weighted by molar-refractivity contribution is 6.01. The van der Waals surface area contributed by atoms with Crippen LogP contribution in [-0.2, 0) is 0 Å². The normalized spacial score (nSPS) is 26.5. The fraction of sp³-hybridized carbons (Fsp3) is 0.533. The molecule has 2 fully saturated rings. The van der Waals surface area contributed by atoms with Gasteiger partial charge in [-0.3, -0.25) is 4.79 Å². The van der Waals surface area contributed by atoms with E-state index in [1.165, 1.54) is 24.9 Å². The quantitative estimate of drug-likeness (QED) is 0.741. The number of carbonyl (C=O) groups is 1. The molecule has 2 aliphatic rings. The van der Waals surface area contributed by atoms with Gasteiger partial charge >= 0.3 is 0 Å². The Hall–Kier alpha value is -1.31. The fourth-order valence-corrected chi connectivity index (χ4v) is 3.37. The third-order valence-corrected chi connectivity index (χ3v) is 4.24. The molecule has 1 aromatic carbocycles. The number of anilines is 1. The van der Waals surface area contributed by atoms with Crippen LogP contribution in [-0.4, -0.2) is 18.4 Å². The lowest BCUT2D eigenvalue weighted by Gasteiger charge is -2.30. The Morgan fingerprint density at radius 1 is 1.35 bits per heavy atom. The molecule has 0 amide bonds. The van der Waals surface area contributed by atoms with Crippen LogP contribution in [0.15, 0.2) is 24.3 Å². The maximum atomic E-state index is 12.0. The summed E-state index contributed by atoms with van der Waals surface area (Å²) in [6.45, 7) is 3.09. The Balaban J connectivity index is 1.95. The van der Waals surface area contributed by atoms with Crippen molar-refractivity contribution >= 4 is 11.5 Å². The lowest BCUT2D eigenvalue weighted by molar-refractivity contribution is 0.0988. The zero-order chi connectivity index (χ0) is 11.8. The van der Waals surface area contributed by atoms with E-state index in [1.54, 1.807) is 0 Å². The van der Waals surface area contributed by atoms with E-state index in [2.05, 4.69) is 11.0 Å². The summed E-state index contributed by atoms with van der Waals surface area (Å²) in [6.07, 6.45) is 4.61. The predicted octanol–water partition coefficient (Wildman–Crippen LogP) is 3.27. The first kappa shape index (κ1) is 10.8. The number of Topliss-reactive ketones (excluding diaryl/α,β-unsaturated/α-hetero) is 1. The minimum absolute atomic E-state index is 0.267. The summed E-state index contributed by atoms with van der Waals surface area (Å²) < 4.78 is 0. The molecule has 1 saturated heterocycles. The van der Waals surface area contributed by atoms with Crippen molar-refractivity contribution in [3.63, 3.8) is 0 Å². The van der Waals surface area contributed by atoms with E-state index >= 15 is 0 Å². The number of fused-ring (bicyclic) bond motifs is 2. The van der Waals surface area contributed by atoms with Crippen LogP contribution in [0.3, 0.4) is 0 Å². The van der Waals surface area contributed by atoms with Gasteiger partial charge in [0.25, 0.3) is 0 Å². The fourth-order valence-electron chi connectivity index (χ4n) is 3.37. The number of rotatable bonds is 3. The van der Waals surface area contributed by atoms with Gasteiger partial charge in [-0.15, -0.1) is 0 Å². The van der Waals surface area contributed by atoms with E-state index in [-0.39, 0.29) is 5.78 Å². The number of benzene rings is 1. The lowest BCUT2D eigenvalue weighted by atomic mass is 10.0. The van der Waals surface area contributed by atoms with Crippen molar-refractivity contribution in [2.24, 2.45) is 5.92 Å². The molecule has 90 valence electrons. The van der Waals surface area contributed by atoms with E-state index in [0.29, 0.717) is 12.5 Å². The van der Waals surface area contributed by atoms with Crippen molar-refractivity contribution in [2.75, 3.05) is 11.4 Å². The van der Waals surface area contributed by atoms with Crippen LogP contribution in [0.5, 0.6) is 0 Å². The van der Waals surface area contributed by atoms with Crippen molar-refractivity contribution in [1.82, 2.24) is 0 Å². The van der Waals surface area contributed by atoms with Gasteiger partial charge in [0.05, 0.1) is 0 Å². The zero-order valence-electron chi connectivity index (χ0n) is 10.4. The van der Waals surface area contributed by atoms with Crippen molar-refractivity contribution in [3.05, 3.63) is 29.8 Å². The van der Waals surface area contributed by atoms with Crippen LogP contribution >= 0.6 is 0 Å². The summed E-state index contributed by atoms with van der Waals surface area (Å²) >= 11 is 0. The van der Waals surface area contributed by atoms with Gasteiger partial charge in [0.1, 0.15) is 0 Å². The van der Waals surface area contributed by atoms with Gasteiger partial charge in [0.2, 0.25) is 0 Å². The molecule has 2 atom stereocenters. The van der Waals surface area contributed by atoms with E-state index in [4.69, 9.17) is 0 Å². The van der Waals surface area contributed by atoms with Crippen LogP contribution in [0, 0.1) is 5.92 Å². The van der Waals surface area contributed by atoms with E-state index in [0.717, 1.165) is 18.0 Å². The molecule has 0 N–H and O–H groups in total. The predicted molar refractivity (Wildman–Crippen MR) is 69.5 cm³/mol. The molecule has 0 radical (unpaired) electrons. The Labute approximate surface area is 103 Å². The molecule has 1 aromatic rings. The minimum atomic E-state index is 0.267. The molecular formula is C15H19NO. The van der Waals surface area contributed by atoms with Crippen LogP contribution in [0.25, 0.3) is 0 Å². The number of carbonyl (C=O) groups excluding carboxylic acids is 1. The Morgan fingerprint density at radius 2 is 2.18 bits per heavy atom. The summed E-state index contributed by atoms with van der Waals surface area (Å²) in [6, 6.07) is 8.80. The topological polar surface area (TPSA) is 20.3 Å². The molecule has 17 heavy (non-hydrogen) atoms. The first-order chi connectivity index (χ1) is 8.29. The highest BCUT2D eigenvalue weighted by Crippen LogP contribution is 2.41. The van der Waals surface area contributed by atoms with Gasteiger partial charge in [-0.05, 0) is 37.3 Å². The van der Waals surface area contributed by atoms with E-state index in [9.17, 15) is 4.79 Å². The van der Waals surface area contributed by atoms with Crippen molar-refractivity contribution in [1.29, 1.82) is 0 Å². The van der Waals surface area contributed by atoms with Gasteiger partial charge < -0.3 is 4.90 Å². The summed E-state index contributed by atoms with van der Waals surface area (Å²) in [7, 11) is 0. The molecule has 2 heteroatoms. The molecule has 0 aromatic heterocycles. The molecule has 1 aliphatic heterocycles. The summed E-state index contributed by atoms with van der Waals surface area (Å²) in [5, 5.41) is 0. The summed E-state index contributed by atoms with van der Waals surface area (Å²) in [5.74, 6) is 1.13. The third-order valence-electron chi connectivity index (χ3n) is 4.24. The monoisotopic (exact) mass is 229 g/mol. The molecular weight excluding hydrogens is 210 g/mol. The number of hydrogen-bond acceptors (Lipinski definition) is 2. The standard InChI is InChI=1S/C15H19NO/c1-2-15(17)13-5-3-4-6-14(13)16-10-11-7-8-12(16)9-11/h3-6,11-12H,2,7-10H2,1H3.